The van der Waals surface area contributed by atoms with Gasteiger partial charge in [-0.3, -0.25) is 4.79 Å². The molecule has 2 rings (SSSR count). The van der Waals surface area contributed by atoms with E-state index >= 15 is 0 Å². The third-order valence-corrected chi connectivity index (χ3v) is 3.81. The van der Waals surface area contributed by atoms with E-state index in [0.29, 0.717) is 12.8 Å². The number of carbonyl (C=O) groups excluding carboxylic acids is 1. The highest BCUT2D eigenvalue weighted by Crippen LogP contribution is 2.35. The van der Waals surface area contributed by atoms with Crippen LogP contribution in [0.25, 0.3) is 0 Å². The van der Waals surface area contributed by atoms with Gasteiger partial charge in [0.2, 0.25) is 0 Å². The second-order valence-electron chi connectivity index (χ2n) is 5.72. The van der Waals surface area contributed by atoms with Gasteiger partial charge < -0.3 is 4.74 Å². The minimum atomic E-state index is -2.06. The molecule has 2 aromatic carbocycles. The second kappa shape index (κ2) is 7.57. The van der Waals surface area contributed by atoms with Crippen molar-refractivity contribution >= 4 is 40.8 Å². The number of hydrogen-bond acceptors (Lipinski definition) is 2. The van der Waals surface area contributed by atoms with Crippen LogP contribution in [0.5, 0.6) is 0 Å². The first-order valence-electron chi connectivity index (χ1n) is 7.16. The van der Waals surface area contributed by atoms with Gasteiger partial charge in [-0.25, -0.2) is 0 Å². The molecule has 0 saturated carbocycles. The van der Waals surface area contributed by atoms with Gasteiger partial charge in [-0.2, -0.15) is 0 Å². The Kier molecular flexibility index (Phi) is 5.96. The normalized spacial score (nSPS) is 12.0. The molecule has 0 spiro atoms. The van der Waals surface area contributed by atoms with Crippen molar-refractivity contribution in [2.24, 2.45) is 5.41 Å². The molecular weight excluding hydrogens is 355 g/mol. The van der Waals surface area contributed by atoms with Crippen LogP contribution in [0.1, 0.15) is 18.1 Å². The van der Waals surface area contributed by atoms with Gasteiger partial charge in [0.1, 0.15) is 0 Å². The molecule has 2 aromatic rings. The van der Waals surface area contributed by atoms with Crippen molar-refractivity contribution in [2.45, 2.75) is 23.7 Å². The van der Waals surface area contributed by atoms with E-state index in [1.165, 1.54) is 0 Å². The Balaban J connectivity index is 2.27. The van der Waals surface area contributed by atoms with Crippen molar-refractivity contribution in [1.82, 2.24) is 0 Å². The van der Waals surface area contributed by atoms with Gasteiger partial charge in [0, 0.05) is 0 Å². The quantitative estimate of drug-likeness (QED) is 0.523. The van der Waals surface area contributed by atoms with Crippen molar-refractivity contribution in [3.63, 3.8) is 0 Å². The first-order chi connectivity index (χ1) is 10.8. The molecule has 5 heteroatoms. The molecule has 0 atom stereocenters. The molecule has 0 amide bonds. The molecule has 0 unspecified atom stereocenters. The summed E-state index contributed by atoms with van der Waals surface area (Å²) in [5.41, 5.74) is 1.20. The summed E-state index contributed by atoms with van der Waals surface area (Å²) in [5.74, 6) is -0.537. The molecule has 0 bridgehead atoms. The first kappa shape index (κ1) is 18.1. The van der Waals surface area contributed by atoms with Crippen LogP contribution in [0.4, 0.5) is 0 Å². The third-order valence-electron chi connectivity index (χ3n) is 3.58. The molecule has 2 nitrogen and oxygen atoms in total. The maximum Gasteiger partial charge on any atom is 0.340 e. The Hall–Kier alpha value is -1.22. The summed E-state index contributed by atoms with van der Waals surface area (Å²) in [6.07, 6.45) is 0.977. The molecule has 0 aliphatic carbocycles. The highest BCUT2D eigenvalue weighted by Gasteiger charge is 2.39. The molecule has 0 aromatic heterocycles. The maximum atomic E-state index is 12.6. The summed E-state index contributed by atoms with van der Waals surface area (Å²) in [6.45, 7) is 1.83. The second-order valence-corrected chi connectivity index (χ2v) is 7.90. The van der Waals surface area contributed by atoms with E-state index < -0.39 is 15.4 Å². The molecule has 0 radical (unpaired) electrons. The van der Waals surface area contributed by atoms with Gasteiger partial charge in [0.15, 0.2) is 0 Å². The van der Waals surface area contributed by atoms with Crippen LogP contribution in [0, 0.1) is 5.41 Å². The highest BCUT2D eigenvalue weighted by atomic mass is 35.6. The van der Waals surface area contributed by atoms with E-state index in [-0.39, 0.29) is 0 Å². The molecule has 0 heterocycles. The summed E-state index contributed by atoms with van der Waals surface area (Å²) in [6, 6.07) is 19.4. The van der Waals surface area contributed by atoms with E-state index in [0.717, 1.165) is 11.1 Å². The monoisotopic (exact) mass is 370 g/mol. The van der Waals surface area contributed by atoms with Crippen LogP contribution in [-0.2, 0) is 22.4 Å². The lowest BCUT2D eigenvalue weighted by atomic mass is 9.78. The van der Waals surface area contributed by atoms with E-state index in [1.54, 1.807) is 0 Å². The highest BCUT2D eigenvalue weighted by molar-refractivity contribution is 6.66. The summed E-state index contributed by atoms with van der Waals surface area (Å²) in [5, 5.41) is 0. The van der Waals surface area contributed by atoms with Crippen molar-refractivity contribution in [3.05, 3.63) is 71.8 Å². The molecule has 0 aliphatic heterocycles. The zero-order chi connectivity index (χ0) is 16.9. The lowest BCUT2D eigenvalue weighted by Crippen LogP contribution is -2.37. The van der Waals surface area contributed by atoms with E-state index in [9.17, 15) is 4.79 Å². The van der Waals surface area contributed by atoms with Gasteiger partial charge in [-0.15, -0.1) is 0 Å². The number of halogens is 3. The molecule has 0 aliphatic rings. The van der Waals surface area contributed by atoms with Crippen molar-refractivity contribution in [2.75, 3.05) is 0 Å². The average Bonchev–Trinajstić information content (AvgIpc) is 2.47. The van der Waals surface area contributed by atoms with Crippen LogP contribution < -0.4 is 0 Å². The molecule has 122 valence electrons. The number of esters is 1. The predicted octanol–water partition coefficient (Wildman–Crippen LogP) is 5.35. The zero-order valence-corrected chi connectivity index (χ0v) is 14.9. The summed E-state index contributed by atoms with van der Waals surface area (Å²) in [4.78, 5) is 12.6. The first-order valence-corrected chi connectivity index (χ1v) is 8.30. The smallest absolute Gasteiger partial charge is 0.340 e. The fraction of sp³-hybridized carbons (Fsp3) is 0.278. The van der Waals surface area contributed by atoms with Crippen molar-refractivity contribution in [3.8, 4) is 0 Å². The van der Waals surface area contributed by atoms with Gasteiger partial charge in [-0.05, 0) is 65.7 Å². The number of ether oxygens (including phenoxy) is 1. The average molecular weight is 372 g/mol. The molecule has 0 saturated heterocycles. The minimum absolute atomic E-state index is 0.488. The number of benzene rings is 2. The third kappa shape index (κ3) is 5.72. The molecule has 0 N–H and O–H groups in total. The Bertz CT molecular complexity index is 595. The fourth-order valence-corrected chi connectivity index (χ4v) is 2.74. The van der Waals surface area contributed by atoms with Crippen LogP contribution in [0.15, 0.2) is 60.7 Å². The number of alkyl halides is 3. The maximum absolute atomic E-state index is 12.6. The minimum Gasteiger partial charge on any atom is -0.414 e. The SMILES string of the molecule is CC(Cc1ccccc1)(Cc1ccccc1)C(=O)OC(Cl)(Cl)Cl. The molecule has 0 fully saturated rings. The molecular formula is C18H17Cl3O2. The number of carbonyl (C=O) groups is 1. The van der Waals surface area contributed by atoms with Gasteiger partial charge in [0.25, 0.3) is 0 Å². The Morgan fingerprint density at radius 3 is 1.61 bits per heavy atom. The van der Waals surface area contributed by atoms with Crippen molar-refractivity contribution in [1.29, 1.82) is 0 Å². The standard InChI is InChI=1S/C18H17Cl3O2/c1-17(16(22)23-18(19,20)21,12-14-8-4-2-5-9-14)13-15-10-6-3-7-11-15/h2-11H,12-13H2,1H3. The largest absolute Gasteiger partial charge is 0.414 e. The summed E-state index contributed by atoms with van der Waals surface area (Å²) >= 11 is 16.9. The van der Waals surface area contributed by atoms with Crippen LogP contribution in [0.3, 0.4) is 0 Å². The summed E-state index contributed by atoms with van der Waals surface area (Å²) < 4.78 is 2.94. The zero-order valence-electron chi connectivity index (χ0n) is 12.6. The number of hydrogen-bond donors (Lipinski definition) is 0. The van der Waals surface area contributed by atoms with Crippen LogP contribution >= 0.6 is 34.8 Å². The lowest BCUT2D eigenvalue weighted by molar-refractivity contribution is -0.155. The van der Waals surface area contributed by atoms with Gasteiger partial charge in [-0.1, -0.05) is 60.7 Å². The van der Waals surface area contributed by atoms with Gasteiger partial charge in [0.05, 0.1) is 5.41 Å². The molecule has 23 heavy (non-hydrogen) atoms. The van der Waals surface area contributed by atoms with Crippen LogP contribution in [-0.4, -0.2) is 9.95 Å². The topological polar surface area (TPSA) is 26.3 Å². The Morgan fingerprint density at radius 2 is 1.26 bits per heavy atom. The van der Waals surface area contributed by atoms with E-state index in [2.05, 4.69) is 0 Å². The fourth-order valence-electron chi connectivity index (χ4n) is 2.53. The summed E-state index contributed by atoms with van der Waals surface area (Å²) in [7, 11) is 0. The number of rotatable bonds is 5. The predicted molar refractivity (Wildman–Crippen MR) is 94.8 cm³/mol. The Labute approximate surface area is 151 Å². The van der Waals surface area contributed by atoms with E-state index in [1.807, 2.05) is 67.6 Å². The Morgan fingerprint density at radius 1 is 0.870 bits per heavy atom. The van der Waals surface area contributed by atoms with Gasteiger partial charge >= 0.3 is 9.95 Å². The van der Waals surface area contributed by atoms with E-state index in [4.69, 9.17) is 39.5 Å². The van der Waals surface area contributed by atoms with Crippen molar-refractivity contribution < 1.29 is 9.53 Å². The lowest BCUT2D eigenvalue weighted by Gasteiger charge is -2.29. The van der Waals surface area contributed by atoms with Crippen LogP contribution in [0.2, 0.25) is 0 Å².